The number of nitrogens with two attached hydrogens (primary N) is 1. The Morgan fingerprint density at radius 1 is 1.38 bits per heavy atom. The van der Waals surface area contributed by atoms with Crippen molar-refractivity contribution in [1.82, 2.24) is 5.32 Å². The molecule has 2 atom stereocenters. The maximum atomic E-state index is 11.6. The number of nitrogens with one attached hydrogen (secondary N) is 1. The quantitative estimate of drug-likeness (QED) is 0.510. The molecule has 0 aromatic heterocycles. The summed E-state index contributed by atoms with van der Waals surface area (Å²) in [5, 5.41) is 2.88. The fourth-order valence-corrected chi connectivity index (χ4v) is 1.42. The van der Waals surface area contributed by atoms with Crippen LogP contribution < -0.4 is 11.1 Å². The van der Waals surface area contributed by atoms with E-state index in [0.717, 1.165) is 25.7 Å². The van der Waals surface area contributed by atoms with Crippen LogP contribution in [0.1, 0.15) is 46.5 Å². The zero-order valence-electron chi connectivity index (χ0n) is 10.7. The molecular weight excluding hydrogens is 200 g/mol. The Bertz CT molecular complexity index is 250. The standard InChI is InChI=1S/C13H24N2O/c1-4-5-6-10-15-13(16)11(2)8-7-9-12(3)14/h11-12H,6-10,14H2,1-3H3,(H,15,16). The minimum atomic E-state index is 0.0772. The van der Waals surface area contributed by atoms with Gasteiger partial charge in [0.25, 0.3) is 0 Å². The first kappa shape index (κ1) is 15.0. The molecule has 0 aromatic rings. The lowest BCUT2D eigenvalue weighted by atomic mass is 10.0. The van der Waals surface area contributed by atoms with Crippen LogP contribution >= 0.6 is 0 Å². The highest BCUT2D eigenvalue weighted by Crippen LogP contribution is 2.08. The molecule has 0 spiro atoms. The molecule has 92 valence electrons. The Kier molecular flexibility index (Phi) is 8.65. The molecule has 1 amide bonds. The zero-order chi connectivity index (χ0) is 12.4. The van der Waals surface area contributed by atoms with Crippen molar-refractivity contribution in [3.05, 3.63) is 0 Å². The van der Waals surface area contributed by atoms with Crippen molar-refractivity contribution in [2.24, 2.45) is 11.7 Å². The molecule has 0 radical (unpaired) electrons. The van der Waals surface area contributed by atoms with Gasteiger partial charge >= 0.3 is 0 Å². The van der Waals surface area contributed by atoms with Crippen molar-refractivity contribution in [3.63, 3.8) is 0 Å². The Labute approximate surface area is 99.2 Å². The molecule has 0 fully saturated rings. The maximum Gasteiger partial charge on any atom is 0.222 e. The van der Waals surface area contributed by atoms with Crippen LogP contribution in [-0.2, 0) is 4.79 Å². The molecule has 0 saturated heterocycles. The predicted octanol–water partition coefficient (Wildman–Crippen LogP) is 1.67. The van der Waals surface area contributed by atoms with Crippen LogP contribution in [0.3, 0.4) is 0 Å². The second kappa shape index (κ2) is 9.23. The normalized spacial score (nSPS) is 13.5. The zero-order valence-corrected chi connectivity index (χ0v) is 10.7. The first-order valence-corrected chi connectivity index (χ1v) is 6.00. The number of carbonyl (C=O) groups is 1. The van der Waals surface area contributed by atoms with Gasteiger partial charge in [-0.05, 0) is 26.7 Å². The number of amides is 1. The summed E-state index contributed by atoms with van der Waals surface area (Å²) in [7, 11) is 0. The Hall–Kier alpha value is -1.01. The van der Waals surface area contributed by atoms with E-state index in [-0.39, 0.29) is 17.9 Å². The predicted molar refractivity (Wildman–Crippen MR) is 67.7 cm³/mol. The van der Waals surface area contributed by atoms with E-state index in [0.29, 0.717) is 6.54 Å². The van der Waals surface area contributed by atoms with E-state index < -0.39 is 0 Å². The molecule has 2 unspecified atom stereocenters. The van der Waals surface area contributed by atoms with Crippen molar-refractivity contribution in [2.45, 2.75) is 52.5 Å². The van der Waals surface area contributed by atoms with Crippen molar-refractivity contribution in [1.29, 1.82) is 0 Å². The third-order valence-corrected chi connectivity index (χ3v) is 2.47. The monoisotopic (exact) mass is 224 g/mol. The Balaban J connectivity index is 3.59. The molecule has 0 saturated carbocycles. The van der Waals surface area contributed by atoms with Gasteiger partial charge in [-0.2, -0.15) is 0 Å². The van der Waals surface area contributed by atoms with Gasteiger partial charge in [-0.3, -0.25) is 4.79 Å². The van der Waals surface area contributed by atoms with Crippen molar-refractivity contribution in [3.8, 4) is 11.8 Å². The van der Waals surface area contributed by atoms with Crippen LogP contribution in [-0.4, -0.2) is 18.5 Å². The summed E-state index contributed by atoms with van der Waals surface area (Å²) < 4.78 is 0. The fourth-order valence-electron chi connectivity index (χ4n) is 1.42. The highest BCUT2D eigenvalue weighted by Gasteiger charge is 2.11. The first-order chi connectivity index (χ1) is 7.57. The summed E-state index contributed by atoms with van der Waals surface area (Å²) in [6.45, 7) is 6.41. The fraction of sp³-hybridized carbons (Fsp3) is 0.769. The van der Waals surface area contributed by atoms with Gasteiger partial charge in [-0.25, -0.2) is 0 Å². The van der Waals surface area contributed by atoms with Crippen molar-refractivity contribution in [2.75, 3.05) is 6.54 Å². The molecule has 0 aliphatic carbocycles. The Morgan fingerprint density at radius 2 is 2.06 bits per heavy atom. The molecule has 16 heavy (non-hydrogen) atoms. The van der Waals surface area contributed by atoms with E-state index in [1.54, 1.807) is 6.92 Å². The van der Waals surface area contributed by atoms with Gasteiger partial charge in [0, 0.05) is 24.9 Å². The highest BCUT2D eigenvalue weighted by molar-refractivity contribution is 5.78. The maximum absolute atomic E-state index is 11.6. The van der Waals surface area contributed by atoms with Gasteiger partial charge in [0.05, 0.1) is 0 Å². The summed E-state index contributed by atoms with van der Waals surface area (Å²) in [6.07, 6.45) is 3.64. The van der Waals surface area contributed by atoms with Crippen LogP contribution in [0.5, 0.6) is 0 Å². The molecule has 3 N–H and O–H groups in total. The average molecular weight is 224 g/mol. The topological polar surface area (TPSA) is 55.1 Å². The van der Waals surface area contributed by atoms with E-state index in [1.165, 1.54) is 0 Å². The Morgan fingerprint density at radius 3 is 2.62 bits per heavy atom. The van der Waals surface area contributed by atoms with Crippen molar-refractivity contribution < 1.29 is 4.79 Å². The van der Waals surface area contributed by atoms with Crippen molar-refractivity contribution >= 4 is 5.91 Å². The van der Waals surface area contributed by atoms with E-state index in [2.05, 4.69) is 17.2 Å². The summed E-state index contributed by atoms with van der Waals surface area (Å²) in [5.41, 5.74) is 5.65. The summed E-state index contributed by atoms with van der Waals surface area (Å²) in [6, 6.07) is 0.232. The third kappa shape index (κ3) is 8.31. The first-order valence-electron chi connectivity index (χ1n) is 6.00. The lowest BCUT2D eigenvalue weighted by Gasteiger charge is -2.12. The second-order valence-electron chi connectivity index (χ2n) is 4.28. The van der Waals surface area contributed by atoms with Crippen LogP contribution in [0.15, 0.2) is 0 Å². The second-order valence-corrected chi connectivity index (χ2v) is 4.28. The average Bonchev–Trinajstić information content (AvgIpc) is 2.23. The molecule has 3 heteroatoms. The van der Waals surface area contributed by atoms with Gasteiger partial charge in [0.1, 0.15) is 0 Å². The number of rotatable bonds is 7. The lowest BCUT2D eigenvalue weighted by Crippen LogP contribution is -2.30. The summed E-state index contributed by atoms with van der Waals surface area (Å²) in [4.78, 5) is 11.6. The third-order valence-electron chi connectivity index (χ3n) is 2.47. The smallest absolute Gasteiger partial charge is 0.222 e. The summed E-state index contributed by atoms with van der Waals surface area (Å²) in [5.74, 6) is 5.93. The van der Waals surface area contributed by atoms with Gasteiger partial charge < -0.3 is 11.1 Å². The number of hydrogen-bond donors (Lipinski definition) is 2. The molecule has 0 aliphatic rings. The largest absolute Gasteiger partial charge is 0.355 e. The van der Waals surface area contributed by atoms with Gasteiger partial charge in [-0.1, -0.05) is 13.3 Å². The molecular formula is C13H24N2O. The molecule has 0 heterocycles. The van der Waals surface area contributed by atoms with Crippen LogP contribution in [0.2, 0.25) is 0 Å². The summed E-state index contributed by atoms with van der Waals surface area (Å²) >= 11 is 0. The molecule has 3 nitrogen and oxygen atoms in total. The lowest BCUT2D eigenvalue weighted by molar-refractivity contribution is -0.124. The van der Waals surface area contributed by atoms with Gasteiger partial charge in [0.15, 0.2) is 0 Å². The number of hydrogen-bond acceptors (Lipinski definition) is 2. The SMILES string of the molecule is CC#CCCNC(=O)C(C)CCCC(C)N. The van der Waals surface area contributed by atoms with E-state index in [9.17, 15) is 4.79 Å². The number of carbonyl (C=O) groups excluding carboxylic acids is 1. The van der Waals surface area contributed by atoms with Crippen LogP contribution in [0, 0.1) is 17.8 Å². The van der Waals surface area contributed by atoms with E-state index in [4.69, 9.17) is 5.73 Å². The van der Waals surface area contributed by atoms with Gasteiger partial charge in [-0.15, -0.1) is 11.8 Å². The molecule has 0 aromatic carbocycles. The minimum Gasteiger partial charge on any atom is -0.355 e. The van der Waals surface area contributed by atoms with Crippen LogP contribution in [0.4, 0.5) is 0 Å². The molecule has 0 rings (SSSR count). The highest BCUT2D eigenvalue weighted by atomic mass is 16.1. The van der Waals surface area contributed by atoms with Crippen LogP contribution in [0.25, 0.3) is 0 Å². The molecule has 0 aliphatic heterocycles. The van der Waals surface area contributed by atoms with Gasteiger partial charge in [0.2, 0.25) is 5.91 Å². The minimum absolute atomic E-state index is 0.0772. The van der Waals surface area contributed by atoms with E-state index >= 15 is 0 Å². The molecule has 0 bridgehead atoms. The van der Waals surface area contributed by atoms with E-state index in [1.807, 2.05) is 13.8 Å².